The predicted molar refractivity (Wildman–Crippen MR) is 191 cm³/mol. The van der Waals surface area contributed by atoms with Crippen molar-refractivity contribution >= 4 is 22.3 Å². The van der Waals surface area contributed by atoms with Gasteiger partial charge in [-0.1, -0.05) is 84.9 Å². The van der Waals surface area contributed by atoms with Gasteiger partial charge in [-0.25, -0.2) is 9.97 Å². The van der Waals surface area contributed by atoms with E-state index in [0.29, 0.717) is 50.4 Å². The maximum absolute atomic E-state index is 15.3. The Morgan fingerprint density at radius 3 is 2.02 bits per heavy atom. The smallest absolute Gasteiger partial charge is 0.358 e. The topological polar surface area (TPSA) is 76.0 Å². The Balaban J connectivity index is 1.22. The largest absolute Gasteiger partial charge is 0.410 e. The third kappa shape index (κ3) is 5.93. The van der Waals surface area contributed by atoms with Crippen LogP contribution < -0.4 is 5.32 Å². The Labute approximate surface area is 299 Å². The summed E-state index contributed by atoms with van der Waals surface area (Å²) in [6.07, 6.45) is -7.13. The van der Waals surface area contributed by atoms with Crippen molar-refractivity contribution in [1.82, 2.24) is 19.9 Å². The number of alkyl halides is 6. The molecule has 0 saturated carbocycles. The molecule has 264 valence electrons. The quantitative estimate of drug-likeness (QED) is 0.174. The maximum atomic E-state index is 15.3. The van der Waals surface area contributed by atoms with E-state index in [1.54, 1.807) is 73.1 Å². The van der Waals surface area contributed by atoms with E-state index in [2.05, 4.69) is 25.3 Å². The molecule has 0 fully saturated rings. The van der Waals surface area contributed by atoms with Gasteiger partial charge >= 0.3 is 12.4 Å². The standard InChI is InChI=1S/C41H28F6N6/c42-40(43,44)39(41(45,46)47,27-19-15-25(16-20-27)35-29-9-1-3-11-31(29)50-37(52-35)33-13-5-7-23-48-33)28-21-17-26(18-22-28)36-30-10-2-4-12-32(30)51-38(53-36)34-14-6-8-24-49-34/h1-17,19-21,23-24,38,51H,18,22H2. The zero-order chi connectivity index (χ0) is 36.8. The van der Waals surface area contributed by atoms with Gasteiger partial charge in [0.1, 0.15) is 5.69 Å². The third-order valence-electron chi connectivity index (χ3n) is 9.57. The van der Waals surface area contributed by atoms with Gasteiger partial charge in [-0.05, 0) is 65.9 Å². The fraction of sp³-hybridized carbons (Fsp3) is 0.146. The van der Waals surface area contributed by atoms with Crippen molar-refractivity contribution in [2.45, 2.75) is 36.8 Å². The van der Waals surface area contributed by atoms with Crippen molar-refractivity contribution in [1.29, 1.82) is 0 Å². The molecule has 6 aromatic rings. The number of anilines is 1. The number of rotatable bonds is 6. The van der Waals surface area contributed by atoms with Crippen LogP contribution in [0.5, 0.6) is 0 Å². The van der Waals surface area contributed by atoms with E-state index in [9.17, 15) is 0 Å². The number of halogens is 6. The van der Waals surface area contributed by atoms with Gasteiger partial charge < -0.3 is 5.32 Å². The van der Waals surface area contributed by atoms with Crippen molar-refractivity contribution in [3.05, 3.63) is 162 Å². The Bertz CT molecular complexity index is 2390. The van der Waals surface area contributed by atoms with Crippen LogP contribution in [0.25, 0.3) is 33.7 Å². The monoisotopic (exact) mass is 718 g/mol. The second-order valence-electron chi connectivity index (χ2n) is 12.7. The number of hydrogen-bond donors (Lipinski definition) is 1. The summed E-state index contributed by atoms with van der Waals surface area (Å²) in [6, 6.07) is 29.2. The summed E-state index contributed by atoms with van der Waals surface area (Å²) in [5.74, 6) is 0.269. The van der Waals surface area contributed by atoms with Gasteiger partial charge in [-0.2, -0.15) is 26.3 Å². The molecule has 1 aliphatic heterocycles. The lowest BCUT2D eigenvalue weighted by atomic mass is 9.69. The summed E-state index contributed by atoms with van der Waals surface area (Å²) in [5, 5.41) is 3.89. The average molecular weight is 719 g/mol. The fourth-order valence-corrected chi connectivity index (χ4v) is 7.10. The highest BCUT2D eigenvalue weighted by molar-refractivity contribution is 6.17. The van der Waals surface area contributed by atoms with Crippen molar-refractivity contribution < 1.29 is 26.3 Å². The molecule has 12 heteroatoms. The highest BCUT2D eigenvalue weighted by atomic mass is 19.4. The van der Waals surface area contributed by atoms with Gasteiger partial charge in [0, 0.05) is 34.6 Å². The van der Waals surface area contributed by atoms with E-state index in [-0.39, 0.29) is 12.2 Å². The lowest BCUT2D eigenvalue weighted by molar-refractivity contribution is -0.290. The molecule has 0 bridgehead atoms. The second kappa shape index (κ2) is 13.1. The van der Waals surface area contributed by atoms with Crippen molar-refractivity contribution in [2.24, 2.45) is 4.99 Å². The van der Waals surface area contributed by atoms with Crippen LogP contribution in [0.15, 0.2) is 150 Å². The molecule has 1 N–H and O–H groups in total. The number of fused-ring (bicyclic) bond motifs is 2. The second-order valence-corrected chi connectivity index (χ2v) is 12.7. The number of aromatic nitrogens is 4. The van der Waals surface area contributed by atoms with E-state index >= 15 is 26.3 Å². The summed E-state index contributed by atoms with van der Waals surface area (Å²) >= 11 is 0. The van der Waals surface area contributed by atoms with Gasteiger partial charge in [0.2, 0.25) is 5.41 Å². The molecule has 1 atom stereocenters. The number of benzene rings is 3. The van der Waals surface area contributed by atoms with Gasteiger partial charge in [0.15, 0.2) is 12.0 Å². The van der Waals surface area contributed by atoms with E-state index in [1.807, 2.05) is 24.3 Å². The summed E-state index contributed by atoms with van der Waals surface area (Å²) in [7, 11) is 0. The summed E-state index contributed by atoms with van der Waals surface area (Å²) < 4.78 is 91.5. The van der Waals surface area contributed by atoms with Gasteiger partial charge in [-0.3, -0.25) is 15.0 Å². The Morgan fingerprint density at radius 2 is 1.34 bits per heavy atom. The molecule has 0 amide bonds. The number of hydrogen-bond acceptors (Lipinski definition) is 6. The highest BCUT2D eigenvalue weighted by Gasteiger charge is 2.73. The van der Waals surface area contributed by atoms with Crippen LogP contribution in [0.2, 0.25) is 0 Å². The number of pyridine rings is 2. The SMILES string of the molecule is FC(F)(F)C(C1=CC=C(C2=NC(c3ccccn3)Nc3ccccc32)CC1)(c1ccc(-c2nc(-c3ccccn3)nc3ccccc23)cc1)C(F)(F)F. The highest BCUT2D eigenvalue weighted by Crippen LogP contribution is 2.58. The van der Waals surface area contributed by atoms with Crippen molar-refractivity contribution in [3.8, 4) is 22.8 Å². The molecule has 0 spiro atoms. The molecule has 0 radical (unpaired) electrons. The minimum absolute atomic E-state index is 0.0941. The first-order valence-corrected chi connectivity index (χ1v) is 16.7. The Kier molecular flexibility index (Phi) is 8.39. The molecule has 3 aromatic heterocycles. The molecule has 53 heavy (non-hydrogen) atoms. The van der Waals surface area contributed by atoms with E-state index in [0.717, 1.165) is 23.9 Å². The lowest BCUT2D eigenvalue weighted by Gasteiger charge is -2.41. The fourth-order valence-electron chi connectivity index (χ4n) is 7.10. The number of nitrogens with zero attached hydrogens (tertiary/aromatic N) is 5. The summed E-state index contributed by atoms with van der Waals surface area (Å²) in [5.41, 5.74) is -1.27. The minimum atomic E-state index is -5.72. The zero-order valence-electron chi connectivity index (χ0n) is 27.7. The number of aliphatic imine (C=N–C) groups is 1. The normalized spacial score (nSPS) is 16.3. The summed E-state index contributed by atoms with van der Waals surface area (Å²) in [4.78, 5) is 22.8. The first-order valence-electron chi connectivity index (χ1n) is 16.7. The average Bonchev–Trinajstić information content (AvgIpc) is 3.17. The van der Waals surface area contributed by atoms with Gasteiger partial charge in [0.25, 0.3) is 0 Å². The molecule has 6 nitrogen and oxygen atoms in total. The van der Waals surface area contributed by atoms with Crippen molar-refractivity contribution in [3.63, 3.8) is 0 Å². The Hall–Kier alpha value is -6.17. The van der Waals surface area contributed by atoms with Crippen molar-refractivity contribution in [2.75, 3.05) is 5.32 Å². The maximum Gasteiger partial charge on any atom is 0.410 e. The van der Waals surface area contributed by atoms with Gasteiger partial charge in [0.05, 0.1) is 22.6 Å². The zero-order valence-corrected chi connectivity index (χ0v) is 27.7. The first kappa shape index (κ1) is 33.9. The van der Waals surface area contributed by atoms with Crippen LogP contribution in [0.3, 0.4) is 0 Å². The van der Waals surface area contributed by atoms with Crippen LogP contribution in [0.1, 0.15) is 35.8 Å². The third-order valence-corrected chi connectivity index (χ3v) is 9.57. The van der Waals surface area contributed by atoms with E-state index < -0.39 is 41.5 Å². The van der Waals surface area contributed by atoms with Gasteiger partial charge in [-0.15, -0.1) is 0 Å². The molecule has 3 aromatic carbocycles. The molecular formula is C41H28F6N6. The molecule has 8 rings (SSSR count). The van der Waals surface area contributed by atoms with Crippen LogP contribution >= 0.6 is 0 Å². The molecule has 1 aliphatic carbocycles. The molecule has 1 unspecified atom stereocenters. The number of para-hydroxylation sites is 2. The molecular weight excluding hydrogens is 690 g/mol. The molecule has 2 aliphatic rings. The lowest BCUT2D eigenvalue weighted by Crippen LogP contribution is -2.55. The number of allylic oxidation sites excluding steroid dienone is 4. The minimum Gasteiger partial charge on any atom is -0.358 e. The van der Waals surface area contributed by atoms with Crippen LogP contribution in [0, 0.1) is 0 Å². The Morgan fingerprint density at radius 1 is 0.642 bits per heavy atom. The number of nitrogens with one attached hydrogen (secondary N) is 1. The van der Waals surface area contributed by atoms with Crippen LogP contribution in [-0.4, -0.2) is 38.0 Å². The molecule has 4 heterocycles. The molecule has 0 saturated heterocycles. The van der Waals surface area contributed by atoms with E-state index in [4.69, 9.17) is 4.99 Å². The summed E-state index contributed by atoms with van der Waals surface area (Å²) in [6.45, 7) is 0. The van der Waals surface area contributed by atoms with Crippen LogP contribution in [-0.2, 0) is 5.41 Å². The van der Waals surface area contributed by atoms with E-state index in [1.165, 1.54) is 18.2 Å². The van der Waals surface area contributed by atoms with Crippen LogP contribution in [0.4, 0.5) is 32.0 Å². The first-order chi connectivity index (χ1) is 25.5. The predicted octanol–water partition coefficient (Wildman–Crippen LogP) is 10.4.